The fraction of sp³-hybridized carbons (Fsp3) is 0.286. The first kappa shape index (κ1) is 20.7. The van der Waals surface area contributed by atoms with Crippen LogP contribution in [0.3, 0.4) is 0 Å². The quantitative estimate of drug-likeness (QED) is 0.430. The second-order valence-corrected chi connectivity index (χ2v) is 9.47. The maximum absolute atomic E-state index is 14.3. The standard InChI is InChI=1S/C28H27F2NO/c1-15-7-6-8-18(16(15)2)11-23-17(3)26-22-14-32-27-21(12-19(29)13-24(27)30)20(22)9-10-25(26)31-28(23,4)5/h6-13,17,31H,14H2,1-5H3. The second-order valence-electron chi connectivity index (χ2n) is 9.47. The van der Waals surface area contributed by atoms with Crippen LogP contribution in [0.15, 0.2) is 48.0 Å². The first-order chi connectivity index (χ1) is 15.2. The van der Waals surface area contributed by atoms with Crippen molar-refractivity contribution in [2.75, 3.05) is 5.32 Å². The van der Waals surface area contributed by atoms with Crippen LogP contribution in [0.1, 0.15) is 54.5 Å². The molecule has 4 heteroatoms. The number of rotatable bonds is 1. The summed E-state index contributed by atoms with van der Waals surface area (Å²) in [5, 5.41) is 3.70. The van der Waals surface area contributed by atoms with E-state index in [1.54, 1.807) is 0 Å². The van der Waals surface area contributed by atoms with Gasteiger partial charge in [-0.1, -0.05) is 37.3 Å². The Balaban J connectivity index is 1.70. The van der Waals surface area contributed by atoms with Crippen LogP contribution in [0.5, 0.6) is 5.75 Å². The first-order valence-corrected chi connectivity index (χ1v) is 11.0. The van der Waals surface area contributed by atoms with Gasteiger partial charge in [-0.05, 0) is 73.2 Å². The molecular weight excluding hydrogens is 404 g/mol. The van der Waals surface area contributed by atoms with Crippen LogP contribution in [-0.4, -0.2) is 5.54 Å². The molecule has 1 atom stereocenters. The van der Waals surface area contributed by atoms with Gasteiger partial charge >= 0.3 is 0 Å². The van der Waals surface area contributed by atoms with Crippen LogP contribution in [0.4, 0.5) is 14.5 Å². The molecule has 2 aliphatic rings. The largest absolute Gasteiger partial charge is 0.485 e. The maximum Gasteiger partial charge on any atom is 0.168 e. The molecule has 0 fully saturated rings. The molecule has 0 saturated carbocycles. The molecule has 0 saturated heterocycles. The lowest BCUT2D eigenvalue weighted by Gasteiger charge is -2.42. The molecule has 0 aliphatic carbocycles. The minimum absolute atomic E-state index is 0.111. The predicted octanol–water partition coefficient (Wildman–Crippen LogP) is 7.53. The first-order valence-electron chi connectivity index (χ1n) is 11.0. The van der Waals surface area contributed by atoms with E-state index in [2.05, 4.69) is 64.2 Å². The number of halogens is 2. The highest BCUT2D eigenvalue weighted by Gasteiger charge is 2.37. The number of hydrogen-bond donors (Lipinski definition) is 1. The maximum atomic E-state index is 14.3. The van der Waals surface area contributed by atoms with E-state index in [4.69, 9.17) is 4.74 Å². The average Bonchev–Trinajstić information content (AvgIpc) is 2.72. The van der Waals surface area contributed by atoms with Crippen molar-refractivity contribution >= 4 is 11.8 Å². The molecule has 2 heterocycles. The smallest absolute Gasteiger partial charge is 0.168 e. The molecular formula is C28H27F2NO. The van der Waals surface area contributed by atoms with Crippen molar-refractivity contribution in [3.8, 4) is 16.9 Å². The van der Waals surface area contributed by atoms with E-state index in [1.165, 1.54) is 28.3 Å². The van der Waals surface area contributed by atoms with Crippen molar-refractivity contribution in [1.82, 2.24) is 0 Å². The van der Waals surface area contributed by atoms with Gasteiger partial charge in [0.05, 0.1) is 5.54 Å². The summed E-state index contributed by atoms with van der Waals surface area (Å²) in [6.45, 7) is 11.1. The summed E-state index contributed by atoms with van der Waals surface area (Å²) in [5.41, 5.74) is 9.24. The molecule has 5 rings (SSSR count). The number of hydrogen-bond acceptors (Lipinski definition) is 2. The molecule has 3 aromatic carbocycles. The summed E-state index contributed by atoms with van der Waals surface area (Å²) >= 11 is 0. The molecule has 0 amide bonds. The van der Waals surface area contributed by atoms with E-state index in [9.17, 15) is 8.78 Å². The summed E-state index contributed by atoms with van der Waals surface area (Å²) in [6, 6.07) is 12.6. The van der Waals surface area contributed by atoms with Gasteiger partial charge in [-0.2, -0.15) is 0 Å². The number of aryl methyl sites for hydroxylation is 1. The van der Waals surface area contributed by atoms with Gasteiger partial charge < -0.3 is 10.1 Å². The zero-order valence-corrected chi connectivity index (χ0v) is 19.1. The van der Waals surface area contributed by atoms with Gasteiger partial charge in [0.1, 0.15) is 12.4 Å². The molecule has 3 aromatic rings. The van der Waals surface area contributed by atoms with Crippen LogP contribution in [0.2, 0.25) is 0 Å². The topological polar surface area (TPSA) is 21.3 Å². The van der Waals surface area contributed by atoms with Crippen molar-refractivity contribution in [3.63, 3.8) is 0 Å². The van der Waals surface area contributed by atoms with Crippen molar-refractivity contribution in [3.05, 3.63) is 87.5 Å². The van der Waals surface area contributed by atoms with Crippen LogP contribution < -0.4 is 10.1 Å². The number of anilines is 1. The van der Waals surface area contributed by atoms with E-state index in [0.29, 0.717) is 5.56 Å². The van der Waals surface area contributed by atoms with E-state index < -0.39 is 11.6 Å². The minimum Gasteiger partial charge on any atom is -0.485 e. The molecule has 1 N–H and O–H groups in total. The lowest BCUT2D eigenvalue weighted by Crippen LogP contribution is -2.40. The number of ether oxygens (including phenoxy) is 1. The Bertz CT molecular complexity index is 1290. The Morgan fingerprint density at radius 1 is 1.06 bits per heavy atom. The van der Waals surface area contributed by atoms with Gasteiger partial charge in [0.2, 0.25) is 0 Å². The van der Waals surface area contributed by atoms with Crippen LogP contribution in [-0.2, 0) is 6.61 Å². The normalized spacial score (nSPS) is 19.5. The van der Waals surface area contributed by atoms with Gasteiger partial charge in [0.15, 0.2) is 11.6 Å². The van der Waals surface area contributed by atoms with Gasteiger partial charge in [-0.15, -0.1) is 0 Å². The number of fused-ring (bicyclic) bond motifs is 5. The predicted molar refractivity (Wildman–Crippen MR) is 126 cm³/mol. The molecule has 1 unspecified atom stereocenters. The molecule has 0 spiro atoms. The summed E-state index contributed by atoms with van der Waals surface area (Å²) < 4.78 is 34.2. The Kier molecular flexibility index (Phi) is 4.66. The molecule has 0 radical (unpaired) electrons. The van der Waals surface area contributed by atoms with E-state index in [0.717, 1.165) is 28.4 Å². The molecule has 0 aromatic heterocycles. The Labute approximate surface area is 187 Å². The molecule has 2 nitrogen and oxygen atoms in total. The summed E-state index contributed by atoms with van der Waals surface area (Å²) in [6.07, 6.45) is 2.29. The van der Waals surface area contributed by atoms with Crippen molar-refractivity contribution in [2.45, 2.75) is 52.7 Å². The fourth-order valence-electron chi connectivity index (χ4n) is 5.24. The van der Waals surface area contributed by atoms with E-state index >= 15 is 0 Å². The van der Waals surface area contributed by atoms with Gasteiger partial charge in [0, 0.05) is 28.8 Å². The third-order valence-corrected chi connectivity index (χ3v) is 7.04. The highest BCUT2D eigenvalue weighted by atomic mass is 19.1. The summed E-state index contributed by atoms with van der Waals surface area (Å²) in [7, 11) is 0. The average molecular weight is 432 g/mol. The SMILES string of the molecule is Cc1cccc(C=C2C(C)c3c(ccc4c3COc3c(F)cc(F)cc3-4)NC2(C)C)c1C. The Morgan fingerprint density at radius 2 is 1.84 bits per heavy atom. The van der Waals surface area contributed by atoms with Crippen molar-refractivity contribution in [2.24, 2.45) is 0 Å². The zero-order valence-electron chi connectivity index (χ0n) is 19.1. The highest BCUT2D eigenvalue weighted by Crippen LogP contribution is 2.50. The van der Waals surface area contributed by atoms with Crippen molar-refractivity contribution in [1.29, 1.82) is 0 Å². The highest BCUT2D eigenvalue weighted by molar-refractivity contribution is 5.82. The van der Waals surface area contributed by atoms with Crippen LogP contribution >= 0.6 is 0 Å². The molecule has 0 bridgehead atoms. The zero-order chi connectivity index (χ0) is 22.8. The monoisotopic (exact) mass is 431 g/mol. The fourth-order valence-corrected chi connectivity index (χ4v) is 5.24. The summed E-state index contributed by atoms with van der Waals surface area (Å²) in [5.74, 6) is -1.02. The molecule has 2 aliphatic heterocycles. The van der Waals surface area contributed by atoms with Gasteiger partial charge in [-0.3, -0.25) is 0 Å². The van der Waals surface area contributed by atoms with Crippen LogP contribution in [0, 0.1) is 25.5 Å². The summed E-state index contributed by atoms with van der Waals surface area (Å²) in [4.78, 5) is 0. The number of benzene rings is 3. The number of nitrogens with one attached hydrogen (secondary N) is 1. The third-order valence-electron chi connectivity index (χ3n) is 7.04. The lowest BCUT2D eigenvalue weighted by molar-refractivity contribution is 0.284. The molecule has 164 valence electrons. The Morgan fingerprint density at radius 3 is 2.62 bits per heavy atom. The lowest BCUT2D eigenvalue weighted by atomic mass is 9.73. The minimum atomic E-state index is -0.661. The van der Waals surface area contributed by atoms with E-state index in [-0.39, 0.29) is 23.8 Å². The molecule has 32 heavy (non-hydrogen) atoms. The Hall–Kier alpha value is -3.14. The van der Waals surface area contributed by atoms with Crippen LogP contribution in [0.25, 0.3) is 17.2 Å². The van der Waals surface area contributed by atoms with Crippen molar-refractivity contribution < 1.29 is 13.5 Å². The third kappa shape index (κ3) is 3.12. The van der Waals surface area contributed by atoms with Gasteiger partial charge in [-0.25, -0.2) is 8.78 Å². The van der Waals surface area contributed by atoms with Gasteiger partial charge in [0.25, 0.3) is 0 Å². The second kappa shape index (κ2) is 7.19. The van der Waals surface area contributed by atoms with E-state index in [1.807, 2.05) is 12.1 Å².